The molecule has 0 saturated heterocycles. The zero-order chi connectivity index (χ0) is 13.9. The van der Waals surface area contributed by atoms with Crippen molar-refractivity contribution in [1.82, 2.24) is 14.5 Å². The first-order valence-corrected chi connectivity index (χ1v) is 7.37. The number of nitrogens with two attached hydrogens (primary N) is 1. The van der Waals surface area contributed by atoms with Crippen LogP contribution < -0.4 is 5.73 Å². The van der Waals surface area contributed by atoms with Gasteiger partial charge in [-0.25, -0.2) is 9.97 Å². The molecular formula is C15H16N4S. The largest absolute Gasteiger partial charge is 0.384 e. The Labute approximate surface area is 121 Å². The van der Waals surface area contributed by atoms with E-state index in [9.17, 15) is 0 Å². The van der Waals surface area contributed by atoms with Gasteiger partial charge in [0.1, 0.15) is 5.82 Å². The number of rotatable bonds is 4. The van der Waals surface area contributed by atoms with Crippen LogP contribution in [-0.4, -0.2) is 14.5 Å². The monoisotopic (exact) mass is 284 g/mol. The Bertz CT molecular complexity index is 697. The van der Waals surface area contributed by atoms with Gasteiger partial charge in [0, 0.05) is 21.5 Å². The van der Waals surface area contributed by atoms with Crippen molar-refractivity contribution in [2.24, 2.45) is 0 Å². The summed E-state index contributed by atoms with van der Waals surface area (Å²) in [5.41, 5.74) is 7.72. The van der Waals surface area contributed by atoms with Gasteiger partial charge in [-0.15, -0.1) is 11.3 Å². The third kappa shape index (κ3) is 2.58. The average molecular weight is 284 g/mol. The topological polar surface area (TPSA) is 56.7 Å². The highest BCUT2D eigenvalue weighted by atomic mass is 32.1. The SMILES string of the molecule is CCc1ccc(Cn2cncc2-c2ccc(N)nc2)s1. The fraction of sp³-hybridized carbons (Fsp3) is 0.200. The first kappa shape index (κ1) is 12.9. The molecule has 0 bridgehead atoms. The molecule has 0 atom stereocenters. The first-order valence-electron chi connectivity index (χ1n) is 6.56. The fourth-order valence-corrected chi connectivity index (χ4v) is 3.07. The van der Waals surface area contributed by atoms with Crippen molar-refractivity contribution >= 4 is 17.2 Å². The molecule has 2 N–H and O–H groups in total. The van der Waals surface area contributed by atoms with Gasteiger partial charge >= 0.3 is 0 Å². The van der Waals surface area contributed by atoms with Crippen molar-refractivity contribution in [1.29, 1.82) is 0 Å². The van der Waals surface area contributed by atoms with Crippen LogP contribution in [-0.2, 0) is 13.0 Å². The normalized spacial score (nSPS) is 10.8. The maximum absolute atomic E-state index is 5.63. The summed E-state index contributed by atoms with van der Waals surface area (Å²) < 4.78 is 2.14. The van der Waals surface area contributed by atoms with Crippen molar-refractivity contribution in [3.63, 3.8) is 0 Å². The van der Waals surface area contributed by atoms with E-state index in [0.29, 0.717) is 5.82 Å². The summed E-state index contributed by atoms with van der Waals surface area (Å²) in [6.45, 7) is 3.02. The third-order valence-corrected chi connectivity index (χ3v) is 4.40. The number of thiophene rings is 1. The molecule has 3 rings (SSSR count). The van der Waals surface area contributed by atoms with Crippen LogP contribution in [0.15, 0.2) is 43.0 Å². The van der Waals surface area contributed by atoms with Gasteiger partial charge in [0.25, 0.3) is 0 Å². The molecule has 0 amide bonds. The quantitative estimate of drug-likeness (QED) is 0.800. The summed E-state index contributed by atoms with van der Waals surface area (Å²) in [4.78, 5) is 11.1. The Morgan fingerprint density at radius 2 is 2.00 bits per heavy atom. The number of imidazole rings is 1. The van der Waals surface area contributed by atoms with E-state index < -0.39 is 0 Å². The van der Waals surface area contributed by atoms with Crippen LogP contribution in [0, 0.1) is 0 Å². The molecule has 3 heterocycles. The minimum atomic E-state index is 0.533. The van der Waals surface area contributed by atoms with Crippen LogP contribution in [0.25, 0.3) is 11.3 Å². The van der Waals surface area contributed by atoms with E-state index in [2.05, 4.69) is 33.6 Å². The van der Waals surface area contributed by atoms with Crippen LogP contribution >= 0.6 is 11.3 Å². The minimum Gasteiger partial charge on any atom is -0.384 e. The van der Waals surface area contributed by atoms with Gasteiger partial charge < -0.3 is 10.3 Å². The summed E-state index contributed by atoms with van der Waals surface area (Å²) in [6.07, 6.45) is 6.59. The van der Waals surface area contributed by atoms with Crippen LogP contribution in [0.4, 0.5) is 5.82 Å². The molecule has 0 radical (unpaired) electrons. The van der Waals surface area contributed by atoms with E-state index >= 15 is 0 Å². The molecule has 0 aliphatic heterocycles. The molecule has 5 heteroatoms. The standard InChI is InChI=1S/C15H16N4S/c1-2-12-4-5-13(20-12)9-19-10-17-8-14(19)11-3-6-15(16)18-7-11/h3-8,10H,2,9H2,1H3,(H2,16,18). The lowest BCUT2D eigenvalue weighted by atomic mass is 10.2. The Morgan fingerprint density at radius 3 is 2.70 bits per heavy atom. The van der Waals surface area contributed by atoms with E-state index in [4.69, 9.17) is 5.73 Å². The zero-order valence-electron chi connectivity index (χ0n) is 11.3. The Kier molecular flexibility index (Phi) is 3.52. The maximum Gasteiger partial charge on any atom is 0.123 e. The van der Waals surface area contributed by atoms with Crippen molar-refractivity contribution in [2.75, 3.05) is 5.73 Å². The molecule has 0 spiro atoms. The maximum atomic E-state index is 5.63. The van der Waals surface area contributed by atoms with E-state index in [1.807, 2.05) is 36.0 Å². The lowest BCUT2D eigenvalue weighted by Crippen LogP contribution is -1.99. The number of aromatic nitrogens is 3. The van der Waals surface area contributed by atoms with Crippen LogP contribution in [0.5, 0.6) is 0 Å². The minimum absolute atomic E-state index is 0.533. The molecule has 4 nitrogen and oxygen atoms in total. The van der Waals surface area contributed by atoms with Crippen molar-refractivity contribution in [3.8, 4) is 11.3 Å². The smallest absolute Gasteiger partial charge is 0.123 e. The van der Waals surface area contributed by atoms with Crippen LogP contribution in [0.1, 0.15) is 16.7 Å². The number of hydrogen-bond acceptors (Lipinski definition) is 4. The highest BCUT2D eigenvalue weighted by molar-refractivity contribution is 7.11. The fourth-order valence-electron chi connectivity index (χ4n) is 2.11. The second-order valence-corrected chi connectivity index (χ2v) is 5.85. The van der Waals surface area contributed by atoms with Crippen LogP contribution in [0.3, 0.4) is 0 Å². The molecule has 0 aliphatic carbocycles. The molecule has 20 heavy (non-hydrogen) atoms. The van der Waals surface area contributed by atoms with E-state index in [-0.39, 0.29) is 0 Å². The van der Waals surface area contributed by atoms with Crippen molar-refractivity contribution < 1.29 is 0 Å². The average Bonchev–Trinajstić information content (AvgIpc) is 3.09. The lowest BCUT2D eigenvalue weighted by Gasteiger charge is -2.06. The highest BCUT2D eigenvalue weighted by Gasteiger charge is 2.07. The van der Waals surface area contributed by atoms with Gasteiger partial charge in [0.05, 0.1) is 24.8 Å². The molecule has 0 unspecified atom stereocenters. The van der Waals surface area contributed by atoms with Crippen molar-refractivity contribution in [3.05, 3.63) is 52.7 Å². The van der Waals surface area contributed by atoms with Gasteiger partial charge in [0.2, 0.25) is 0 Å². The molecule has 102 valence electrons. The zero-order valence-corrected chi connectivity index (χ0v) is 12.1. The van der Waals surface area contributed by atoms with Gasteiger partial charge in [-0.2, -0.15) is 0 Å². The molecular weight excluding hydrogens is 268 g/mol. The van der Waals surface area contributed by atoms with Crippen molar-refractivity contribution in [2.45, 2.75) is 19.9 Å². The van der Waals surface area contributed by atoms with E-state index in [0.717, 1.165) is 24.2 Å². The molecule has 0 fully saturated rings. The van der Waals surface area contributed by atoms with Gasteiger partial charge in [0.15, 0.2) is 0 Å². The highest BCUT2D eigenvalue weighted by Crippen LogP contribution is 2.23. The Balaban J connectivity index is 1.88. The third-order valence-electron chi connectivity index (χ3n) is 3.19. The van der Waals surface area contributed by atoms with E-state index in [1.54, 1.807) is 6.20 Å². The van der Waals surface area contributed by atoms with E-state index in [1.165, 1.54) is 9.75 Å². The summed E-state index contributed by atoms with van der Waals surface area (Å²) in [6, 6.07) is 8.17. The van der Waals surface area contributed by atoms with Gasteiger partial charge in [-0.05, 0) is 30.7 Å². The molecule has 3 aromatic rings. The number of nitrogens with zero attached hydrogens (tertiary/aromatic N) is 3. The van der Waals surface area contributed by atoms with Crippen LogP contribution in [0.2, 0.25) is 0 Å². The summed E-state index contributed by atoms with van der Waals surface area (Å²) in [5, 5.41) is 0. The molecule has 0 aliphatic rings. The Hall–Kier alpha value is -2.14. The lowest BCUT2D eigenvalue weighted by molar-refractivity contribution is 0.817. The summed E-state index contributed by atoms with van der Waals surface area (Å²) >= 11 is 1.85. The number of nitrogen functional groups attached to an aromatic ring is 1. The molecule has 0 aromatic carbocycles. The summed E-state index contributed by atoms with van der Waals surface area (Å²) in [5.74, 6) is 0.533. The first-order chi connectivity index (χ1) is 9.76. The van der Waals surface area contributed by atoms with Gasteiger partial charge in [-0.1, -0.05) is 6.92 Å². The number of aryl methyl sites for hydroxylation is 1. The Morgan fingerprint density at radius 1 is 1.15 bits per heavy atom. The van der Waals surface area contributed by atoms with Gasteiger partial charge in [-0.3, -0.25) is 0 Å². The number of pyridine rings is 1. The molecule has 0 saturated carbocycles. The second kappa shape index (κ2) is 5.46. The number of anilines is 1. The second-order valence-electron chi connectivity index (χ2n) is 4.60. The summed E-state index contributed by atoms with van der Waals surface area (Å²) in [7, 11) is 0. The predicted octanol–water partition coefficient (Wildman–Crippen LogP) is 3.20. The number of hydrogen-bond donors (Lipinski definition) is 1. The predicted molar refractivity (Wildman–Crippen MR) is 82.7 cm³/mol. The molecule has 3 aromatic heterocycles.